The highest BCUT2D eigenvalue weighted by Crippen LogP contribution is 2.30. The average Bonchev–Trinajstić information content (AvgIpc) is 2.92. The van der Waals surface area contributed by atoms with Crippen molar-refractivity contribution < 1.29 is 9.47 Å². The molecule has 1 aromatic carbocycles. The largest absolute Gasteiger partial charge is 0.493 e. The van der Waals surface area contributed by atoms with Crippen molar-refractivity contribution in [3.05, 3.63) is 34.4 Å². The van der Waals surface area contributed by atoms with Gasteiger partial charge < -0.3 is 9.47 Å². The van der Waals surface area contributed by atoms with Crippen LogP contribution in [-0.2, 0) is 6.42 Å². The van der Waals surface area contributed by atoms with Gasteiger partial charge in [-0.15, -0.1) is 0 Å². The number of rotatable bonds is 8. The van der Waals surface area contributed by atoms with Crippen LogP contribution in [0.25, 0.3) is 0 Å². The van der Waals surface area contributed by atoms with Gasteiger partial charge in [0.15, 0.2) is 17.3 Å². The molecule has 1 heterocycles. The standard InChI is InChI=1S/C16H22N4O2S/c1-4-6-10-14-18-19-16(23)20(14)17-11-12-8-7-9-13(21-3)15(12)22-5-2/h7-9,11H,4-6,10H2,1-3H3,(H,19,23)/b17-11-. The second-order valence-electron chi connectivity index (χ2n) is 4.92. The monoisotopic (exact) mass is 334 g/mol. The molecule has 1 N–H and O–H groups in total. The van der Waals surface area contributed by atoms with Crippen LogP contribution >= 0.6 is 12.2 Å². The van der Waals surface area contributed by atoms with Crippen LogP contribution in [0.1, 0.15) is 38.1 Å². The fraction of sp³-hybridized carbons (Fsp3) is 0.438. The third kappa shape index (κ3) is 4.19. The van der Waals surface area contributed by atoms with Gasteiger partial charge in [0.25, 0.3) is 0 Å². The van der Waals surface area contributed by atoms with Crippen LogP contribution in [0.15, 0.2) is 23.3 Å². The Morgan fingerprint density at radius 3 is 2.91 bits per heavy atom. The highest BCUT2D eigenvalue weighted by Gasteiger charge is 2.09. The summed E-state index contributed by atoms with van der Waals surface area (Å²) in [5.74, 6) is 2.18. The topological polar surface area (TPSA) is 64.4 Å². The molecule has 0 saturated heterocycles. The van der Waals surface area contributed by atoms with Crippen LogP contribution in [0.3, 0.4) is 0 Å². The molecule has 1 aromatic heterocycles. The summed E-state index contributed by atoms with van der Waals surface area (Å²) in [6, 6.07) is 5.68. The van der Waals surface area contributed by atoms with Crippen LogP contribution in [0.2, 0.25) is 0 Å². The molecule has 0 saturated carbocycles. The smallest absolute Gasteiger partial charge is 0.216 e. The highest BCUT2D eigenvalue weighted by molar-refractivity contribution is 7.71. The van der Waals surface area contributed by atoms with E-state index in [0.717, 1.165) is 30.7 Å². The zero-order chi connectivity index (χ0) is 16.7. The fourth-order valence-corrected chi connectivity index (χ4v) is 2.35. The second kappa shape index (κ2) is 8.47. The summed E-state index contributed by atoms with van der Waals surface area (Å²) in [7, 11) is 1.62. The van der Waals surface area contributed by atoms with Gasteiger partial charge in [-0.2, -0.15) is 14.9 Å². The van der Waals surface area contributed by atoms with E-state index in [1.165, 1.54) is 0 Å². The number of hydrogen-bond acceptors (Lipinski definition) is 5. The molecule has 0 bridgehead atoms. The minimum absolute atomic E-state index is 0.480. The number of ether oxygens (including phenoxy) is 2. The van der Waals surface area contributed by atoms with Gasteiger partial charge in [0, 0.05) is 12.0 Å². The summed E-state index contributed by atoms with van der Waals surface area (Å²) >= 11 is 5.25. The molecular weight excluding hydrogens is 312 g/mol. The summed E-state index contributed by atoms with van der Waals surface area (Å²) < 4.78 is 13.2. The molecule has 0 aliphatic rings. The van der Waals surface area contributed by atoms with E-state index in [2.05, 4.69) is 22.2 Å². The second-order valence-corrected chi connectivity index (χ2v) is 5.30. The Morgan fingerprint density at radius 1 is 1.39 bits per heavy atom. The van der Waals surface area contributed by atoms with Crippen molar-refractivity contribution in [2.45, 2.75) is 33.1 Å². The van der Waals surface area contributed by atoms with Gasteiger partial charge in [0.05, 0.1) is 19.9 Å². The Morgan fingerprint density at radius 2 is 2.22 bits per heavy atom. The first-order chi connectivity index (χ1) is 11.2. The van der Waals surface area contributed by atoms with Gasteiger partial charge >= 0.3 is 0 Å². The maximum atomic E-state index is 5.68. The van der Waals surface area contributed by atoms with Crippen molar-refractivity contribution >= 4 is 18.4 Å². The third-order valence-corrected chi connectivity index (χ3v) is 3.57. The number of unbranched alkanes of at least 4 members (excludes halogenated alkanes) is 1. The number of methoxy groups -OCH3 is 1. The number of aromatic amines is 1. The number of nitrogens with zero attached hydrogens (tertiary/aromatic N) is 3. The first-order valence-electron chi connectivity index (χ1n) is 7.71. The Hall–Kier alpha value is -2.15. The van der Waals surface area contributed by atoms with E-state index in [-0.39, 0.29) is 0 Å². The van der Waals surface area contributed by atoms with Crippen LogP contribution in [-0.4, -0.2) is 34.8 Å². The molecule has 0 aliphatic carbocycles. The first kappa shape index (κ1) is 17.2. The summed E-state index contributed by atoms with van der Waals surface area (Å²) in [6.07, 6.45) is 4.68. The lowest BCUT2D eigenvalue weighted by molar-refractivity contribution is 0.310. The molecule has 2 aromatic rings. The van der Waals surface area contributed by atoms with Crippen LogP contribution in [0, 0.1) is 4.77 Å². The predicted molar refractivity (Wildman–Crippen MR) is 93.2 cm³/mol. The molecule has 0 unspecified atom stereocenters. The van der Waals surface area contributed by atoms with Crippen molar-refractivity contribution in [2.24, 2.45) is 5.10 Å². The van der Waals surface area contributed by atoms with E-state index in [9.17, 15) is 0 Å². The van der Waals surface area contributed by atoms with E-state index < -0.39 is 0 Å². The lowest BCUT2D eigenvalue weighted by Crippen LogP contribution is -2.02. The predicted octanol–water partition coefficient (Wildman–Crippen LogP) is 3.57. The summed E-state index contributed by atoms with van der Waals surface area (Å²) in [5.41, 5.74) is 0.829. The molecule has 0 radical (unpaired) electrons. The molecule has 0 atom stereocenters. The number of aromatic nitrogens is 3. The van der Waals surface area contributed by atoms with Gasteiger partial charge in [0.2, 0.25) is 4.77 Å². The van der Waals surface area contributed by atoms with Crippen molar-refractivity contribution in [2.75, 3.05) is 13.7 Å². The fourth-order valence-electron chi connectivity index (χ4n) is 2.15. The number of benzene rings is 1. The molecule has 0 fully saturated rings. The van der Waals surface area contributed by atoms with E-state index in [0.29, 0.717) is 22.9 Å². The number of para-hydroxylation sites is 1. The van der Waals surface area contributed by atoms with Gasteiger partial charge in [0.1, 0.15) is 0 Å². The minimum atomic E-state index is 0.480. The number of hydrogen-bond donors (Lipinski definition) is 1. The van der Waals surface area contributed by atoms with Gasteiger partial charge in [-0.3, -0.25) is 5.10 Å². The quantitative estimate of drug-likeness (QED) is 0.592. The Bertz CT molecular complexity index is 721. The lowest BCUT2D eigenvalue weighted by Gasteiger charge is -2.11. The summed E-state index contributed by atoms with van der Waals surface area (Å²) in [5, 5.41) is 11.5. The van der Waals surface area contributed by atoms with Crippen LogP contribution < -0.4 is 9.47 Å². The van der Waals surface area contributed by atoms with Gasteiger partial charge in [-0.05, 0) is 37.7 Å². The van der Waals surface area contributed by atoms with Crippen molar-refractivity contribution in [1.82, 2.24) is 14.9 Å². The molecule has 2 rings (SSSR count). The maximum Gasteiger partial charge on any atom is 0.216 e. The Labute approximate surface area is 141 Å². The Kier molecular flexibility index (Phi) is 6.34. The average molecular weight is 334 g/mol. The van der Waals surface area contributed by atoms with E-state index in [1.807, 2.05) is 25.1 Å². The van der Waals surface area contributed by atoms with E-state index in [4.69, 9.17) is 21.7 Å². The summed E-state index contributed by atoms with van der Waals surface area (Å²) in [4.78, 5) is 0. The van der Waals surface area contributed by atoms with Crippen molar-refractivity contribution in [1.29, 1.82) is 0 Å². The van der Waals surface area contributed by atoms with Crippen molar-refractivity contribution in [3.63, 3.8) is 0 Å². The summed E-state index contributed by atoms with van der Waals surface area (Å²) in [6.45, 7) is 4.62. The highest BCUT2D eigenvalue weighted by atomic mass is 32.1. The SMILES string of the molecule is CCCCc1n[nH]c(=S)n1/N=C\c1cccc(OC)c1OCC. The van der Waals surface area contributed by atoms with Crippen molar-refractivity contribution in [3.8, 4) is 11.5 Å². The van der Waals surface area contributed by atoms with Gasteiger partial charge in [-0.25, -0.2) is 0 Å². The Balaban J connectivity index is 2.34. The first-order valence-corrected chi connectivity index (χ1v) is 8.12. The normalized spacial score (nSPS) is 11.1. The van der Waals surface area contributed by atoms with Crippen LogP contribution in [0.5, 0.6) is 11.5 Å². The third-order valence-electron chi connectivity index (χ3n) is 3.30. The molecule has 7 heteroatoms. The zero-order valence-corrected chi connectivity index (χ0v) is 14.5. The molecule has 6 nitrogen and oxygen atoms in total. The number of aryl methyl sites for hydroxylation is 1. The molecule has 0 spiro atoms. The number of H-pyrrole nitrogens is 1. The maximum absolute atomic E-state index is 5.68. The lowest BCUT2D eigenvalue weighted by atomic mass is 10.2. The molecule has 0 aliphatic heterocycles. The van der Waals surface area contributed by atoms with E-state index >= 15 is 0 Å². The molecular formula is C16H22N4O2S. The minimum Gasteiger partial charge on any atom is -0.493 e. The number of nitrogens with one attached hydrogen (secondary N) is 1. The molecule has 0 amide bonds. The van der Waals surface area contributed by atoms with E-state index in [1.54, 1.807) is 18.0 Å². The zero-order valence-electron chi connectivity index (χ0n) is 13.7. The molecule has 23 heavy (non-hydrogen) atoms. The van der Waals surface area contributed by atoms with Gasteiger partial charge in [-0.1, -0.05) is 19.4 Å². The van der Waals surface area contributed by atoms with Crippen LogP contribution in [0.4, 0.5) is 0 Å². The molecule has 124 valence electrons.